The molecule has 0 aliphatic carbocycles. The van der Waals surface area contributed by atoms with Crippen LogP contribution in [0.4, 0.5) is 5.69 Å². The number of nitrogens with zero attached hydrogens (tertiary/aromatic N) is 2. The number of carbonyl (C=O) groups is 2. The maximum Gasteiger partial charge on any atom is 0.300 e. The van der Waals surface area contributed by atoms with Crippen LogP contribution < -0.4 is 9.64 Å². The van der Waals surface area contributed by atoms with Crippen LogP contribution in [0.1, 0.15) is 33.9 Å². The first-order valence-electron chi connectivity index (χ1n) is 10.5. The summed E-state index contributed by atoms with van der Waals surface area (Å²) in [5, 5.41) is 11.3. The number of anilines is 1. The molecule has 3 aromatic rings. The van der Waals surface area contributed by atoms with E-state index in [-0.39, 0.29) is 11.3 Å². The van der Waals surface area contributed by atoms with Crippen LogP contribution in [0.2, 0.25) is 0 Å². The van der Waals surface area contributed by atoms with E-state index in [0.29, 0.717) is 23.4 Å². The summed E-state index contributed by atoms with van der Waals surface area (Å²) < 4.78 is 5.55. The maximum atomic E-state index is 13.2. The Labute approximate surface area is 185 Å². The van der Waals surface area contributed by atoms with E-state index < -0.39 is 17.7 Å². The van der Waals surface area contributed by atoms with Crippen molar-refractivity contribution >= 4 is 23.1 Å². The first-order valence-corrected chi connectivity index (χ1v) is 10.5. The molecule has 1 unspecified atom stereocenters. The van der Waals surface area contributed by atoms with Crippen LogP contribution in [-0.4, -0.2) is 28.4 Å². The van der Waals surface area contributed by atoms with Gasteiger partial charge in [-0.25, -0.2) is 0 Å². The normalized spacial score (nSPS) is 19.2. The van der Waals surface area contributed by atoms with Crippen molar-refractivity contribution in [1.82, 2.24) is 4.98 Å². The highest BCUT2D eigenvalue weighted by atomic mass is 16.5. The van der Waals surface area contributed by atoms with Crippen molar-refractivity contribution in [2.45, 2.75) is 26.3 Å². The van der Waals surface area contributed by atoms with Crippen LogP contribution in [0, 0.1) is 13.8 Å². The molecule has 3 heterocycles. The van der Waals surface area contributed by atoms with E-state index >= 15 is 0 Å². The van der Waals surface area contributed by atoms with Crippen LogP contribution in [0.3, 0.4) is 0 Å². The SMILES string of the molecule is Cc1ccc(N2C(=O)C(=O)/C(=C(\O)c3ccc4c(c3)CCO4)C2c2ccncc2)cc1C. The van der Waals surface area contributed by atoms with Crippen LogP contribution in [0.25, 0.3) is 5.76 Å². The highest BCUT2D eigenvalue weighted by molar-refractivity contribution is 6.51. The van der Waals surface area contributed by atoms with Crippen LogP contribution >= 0.6 is 0 Å². The molecular weight excluding hydrogens is 404 g/mol. The third-order valence-electron chi connectivity index (χ3n) is 6.20. The standard InChI is InChI=1S/C26H22N2O4/c1-15-3-5-20(13-16(15)2)28-23(17-7-10-27-11-8-17)22(25(30)26(28)31)24(29)19-4-6-21-18(14-19)9-12-32-21/h3-8,10-11,13-14,23,29H,9,12H2,1-2H3/b24-22-. The predicted octanol–water partition coefficient (Wildman–Crippen LogP) is 4.26. The third kappa shape index (κ3) is 3.15. The lowest BCUT2D eigenvalue weighted by atomic mass is 9.95. The highest BCUT2D eigenvalue weighted by Crippen LogP contribution is 2.42. The maximum absolute atomic E-state index is 13.2. The van der Waals surface area contributed by atoms with E-state index in [1.54, 1.807) is 36.7 Å². The molecule has 0 bridgehead atoms. The molecule has 5 rings (SSSR count). The quantitative estimate of drug-likeness (QED) is 0.385. The van der Waals surface area contributed by atoms with Gasteiger partial charge >= 0.3 is 0 Å². The van der Waals surface area contributed by atoms with E-state index in [9.17, 15) is 14.7 Å². The Balaban J connectivity index is 1.70. The molecule has 6 nitrogen and oxygen atoms in total. The van der Waals surface area contributed by atoms with Gasteiger partial charge in [-0.15, -0.1) is 0 Å². The fraction of sp³-hybridized carbons (Fsp3) is 0.192. The van der Waals surface area contributed by atoms with Crippen molar-refractivity contribution in [2.75, 3.05) is 11.5 Å². The van der Waals surface area contributed by atoms with Gasteiger partial charge in [0.05, 0.1) is 18.2 Å². The van der Waals surface area contributed by atoms with Gasteiger partial charge in [0, 0.05) is 30.1 Å². The number of benzene rings is 2. The second kappa shape index (κ2) is 7.64. The summed E-state index contributed by atoms with van der Waals surface area (Å²) in [6, 6.07) is 13.7. The first kappa shape index (κ1) is 20.0. The Kier molecular flexibility index (Phi) is 4.78. The van der Waals surface area contributed by atoms with Crippen LogP contribution in [0.15, 0.2) is 66.5 Å². The number of carbonyl (C=O) groups excluding carboxylic acids is 2. The fourth-order valence-electron chi connectivity index (χ4n) is 4.32. The molecule has 6 heteroatoms. The summed E-state index contributed by atoms with van der Waals surface area (Å²) in [4.78, 5) is 32.0. The molecule has 0 saturated carbocycles. The van der Waals surface area contributed by atoms with E-state index in [0.717, 1.165) is 28.9 Å². The second-order valence-electron chi connectivity index (χ2n) is 8.14. The summed E-state index contributed by atoms with van der Waals surface area (Å²) in [5.41, 5.74) is 4.94. The Morgan fingerprint density at radius 3 is 2.56 bits per heavy atom. The number of ketones is 1. The monoisotopic (exact) mass is 426 g/mol. The van der Waals surface area contributed by atoms with Gasteiger partial charge in [0.15, 0.2) is 0 Å². The lowest BCUT2D eigenvalue weighted by Gasteiger charge is -2.26. The van der Waals surface area contributed by atoms with E-state index in [1.807, 2.05) is 38.1 Å². The highest BCUT2D eigenvalue weighted by Gasteiger charge is 2.47. The lowest BCUT2D eigenvalue weighted by molar-refractivity contribution is -0.132. The number of pyridine rings is 1. The zero-order valence-corrected chi connectivity index (χ0v) is 17.8. The van der Waals surface area contributed by atoms with Crippen LogP contribution in [0.5, 0.6) is 5.75 Å². The number of fused-ring (bicyclic) bond motifs is 1. The van der Waals surface area contributed by atoms with Crippen molar-refractivity contribution in [3.8, 4) is 5.75 Å². The average Bonchev–Trinajstić information content (AvgIpc) is 3.38. The zero-order chi connectivity index (χ0) is 22.4. The average molecular weight is 426 g/mol. The van der Waals surface area contributed by atoms with Gasteiger partial charge in [-0.1, -0.05) is 6.07 Å². The number of aliphatic hydroxyl groups is 1. The Hall–Kier alpha value is -3.93. The molecule has 2 aliphatic rings. The summed E-state index contributed by atoms with van der Waals surface area (Å²) in [5.74, 6) is -0.783. The Morgan fingerprint density at radius 2 is 1.81 bits per heavy atom. The minimum atomic E-state index is -0.760. The number of hydrogen-bond acceptors (Lipinski definition) is 5. The molecule has 160 valence electrons. The topological polar surface area (TPSA) is 79.7 Å². The number of aliphatic hydroxyl groups excluding tert-OH is 1. The molecule has 2 aromatic carbocycles. The molecule has 0 spiro atoms. The smallest absolute Gasteiger partial charge is 0.300 e. The number of amides is 1. The van der Waals surface area contributed by atoms with Gasteiger partial charge in [-0.3, -0.25) is 19.5 Å². The van der Waals surface area contributed by atoms with Crippen molar-refractivity contribution < 1.29 is 19.4 Å². The van der Waals surface area contributed by atoms with Gasteiger partial charge in [0.2, 0.25) is 0 Å². The van der Waals surface area contributed by atoms with Gasteiger partial charge in [0.1, 0.15) is 11.5 Å². The molecule has 1 atom stereocenters. The van der Waals surface area contributed by atoms with Gasteiger partial charge in [0.25, 0.3) is 11.7 Å². The number of aromatic nitrogens is 1. The number of rotatable bonds is 3. The molecule has 1 N–H and O–H groups in total. The van der Waals surface area contributed by atoms with E-state index in [4.69, 9.17) is 4.74 Å². The number of Topliss-reactive ketones (excluding diaryl/α,β-unsaturated/α-hetero) is 1. The van der Waals surface area contributed by atoms with Crippen LogP contribution in [-0.2, 0) is 16.0 Å². The van der Waals surface area contributed by atoms with Crippen molar-refractivity contribution in [3.05, 3.63) is 94.3 Å². The Morgan fingerprint density at radius 1 is 1.03 bits per heavy atom. The lowest BCUT2D eigenvalue weighted by Crippen LogP contribution is -2.29. The molecule has 1 saturated heterocycles. The third-order valence-corrected chi connectivity index (χ3v) is 6.20. The number of aryl methyl sites for hydroxylation is 2. The molecule has 1 amide bonds. The minimum absolute atomic E-state index is 0.0679. The molecule has 0 radical (unpaired) electrons. The fourth-order valence-corrected chi connectivity index (χ4v) is 4.32. The zero-order valence-electron chi connectivity index (χ0n) is 17.8. The summed E-state index contributed by atoms with van der Waals surface area (Å²) >= 11 is 0. The number of hydrogen-bond donors (Lipinski definition) is 1. The van der Waals surface area contributed by atoms with Crippen molar-refractivity contribution in [3.63, 3.8) is 0 Å². The summed E-state index contributed by atoms with van der Waals surface area (Å²) in [6.07, 6.45) is 3.96. The van der Waals surface area contributed by atoms with Gasteiger partial charge in [-0.05, 0) is 78.6 Å². The van der Waals surface area contributed by atoms with Gasteiger partial charge < -0.3 is 9.84 Å². The second-order valence-corrected chi connectivity index (χ2v) is 8.14. The summed E-state index contributed by atoms with van der Waals surface area (Å²) in [7, 11) is 0. The largest absolute Gasteiger partial charge is 0.507 e. The van der Waals surface area contributed by atoms with Gasteiger partial charge in [-0.2, -0.15) is 0 Å². The van der Waals surface area contributed by atoms with Crippen molar-refractivity contribution in [1.29, 1.82) is 0 Å². The molecule has 1 aromatic heterocycles. The molecular formula is C26H22N2O4. The predicted molar refractivity (Wildman–Crippen MR) is 121 cm³/mol. The molecule has 2 aliphatic heterocycles. The molecule has 32 heavy (non-hydrogen) atoms. The minimum Gasteiger partial charge on any atom is -0.507 e. The first-order chi connectivity index (χ1) is 15.5. The van der Waals surface area contributed by atoms with Crippen molar-refractivity contribution in [2.24, 2.45) is 0 Å². The van der Waals surface area contributed by atoms with E-state index in [1.165, 1.54) is 4.90 Å². The summed E-state index contributed by atoms with van der Waals surface area (Å²) in [6.45, 7) is 4.54. The Bertz CT molecular complexity index is 1280. The number of ether oxygens (including phenoxy) is 1. The van der Waals surface area contributed by atoms with E-state index in [2.05, 4.69) is 4.98 Å². The molecule has 1 fully saturated rings.